The van der Waals surface area contributed by atoms with Crippen LogP contribution in [0.3, 0.4) is 0 Å². The molecule has 0 unspecified atom stereocenters. The normalized spacial score (nSPS) is 18.5. The Kier molecular flexibility index (Phi) is 5.59. The molecule has 182 valence electrons. The van der Waals surface area contributed by atoms with E-state index < -0.39 is 0 Å². The molecule has 1 fully saturated rings. The van der Waals surface area contributed by atoms with Gasteiger partial charge in [0.25, 0.3) is 0 Å². The summed E-state index contributed by atoms with van der Waals surface area (Å²) in [6.07, 6.45) is 1.77. The van der Waals surface area contributed by atoms with Gasteiger partial charge >= 0.3 is 0 Å². The predicted octanol–water partition coefficient (Wildman–Crippen LogP) is 4.92. The first-order valence-corrected chi connectivity index (χ1v) is 12.6. The van der Waals surface area contributed by atoms with Crippen molar-refractivity contribution in [2.75, 3.05) is 38.6 Å². The summed E-state index contributed by atoms with van der Waals surface area (Å²) in [6, 6.07) is 18.5. The van der Waals surface area contributed by atoms with Gasteiger partial charge in [-0.2, -0.15) is 5.26 Å². The van der Waals surface area contributed by atoms with E-state index in [1.165, 1.54) is 11.3 Å². The fourth-order valence-electron chi connectivity index (χ4n) is 5.63. The van der Waals surface area contributed by atoms with Crippen LogP contribution in [0.25, 0.3) is 28.3 Å². The summed E-state index contributed by atoms with van der Waals surface area (Å²) in [5, 5.41) is 18.5. The Morgan fingerprint density at radius 2 is 1.92 bits per heavy atom. The number of nitrogens with zero attached hydrogens (tertiary/aromatic N) is 7. The predicted molar refractivity (Wildman–Crippen MR) is 142 cm³/mol. The molecule has 2 aliphatic rings. The highest BCUT2D eigenvalue weighted by Gasteiger charge is 2.31. The number of hydrogen-bond acceptors (Lipinski definition) is 5. The third-order valence-electron chi connectivity index (χ3n) is 7.52. The number of fused-ring (bicyclic) bond motifs is 5. The lowest BCUT2D eigenvalue weighted by atomic mass is 9.98. The van der Waals surface area contributed by atoms with E-state index in [0.29, 0.717) is 29.1 Å². The summed E-state index contributed by atoms with van der Waals surface area (Å²) in [6.45, 7) is 6.23. The molecule has 1 saturated heterocycles. The van der Waals surface area contributed by atoms with Gasteiger partial charge in [0, 0.05) is 30.9 Å². The maximum Gasteiger partial charge on any atom is 0.185 e. The van der Waals surface area contributed by atoms with Gasteiger partial charge in [-0.25, -0.2) is 0 Å². The van der Waals surface area contributed by atoms with Crippen LogP contribution in [-0.2, 0) is 6.54 Å². The van der Waals surface area contributed by atoms with E-state index in [1.54, 1.807) is 6.33 Å². The van der Waals surface area contributed by atoms with Crippen LogP contribution in [0.4, 0.5) is 5.69 Å². The minimum Gasteiger partial charge on any atom is -0.371 e. The maximum atomic E-state index is 9.16. The fraction of sp³-hybridized carbons (Fsp3) is 0.321. The zero-order valence-electron chi connectivity index (χ0n) is 20.7. The molecule has 0 aliphatic carbocycles. The Balaban J connectivity index is 1.40. The molecule has 2 atom stereocenters. The topological polar surface area (TPSA) is 65.9 Å². The average molecular weight is 498 g/mol. The molecule has 36 heavy (non-hydrogen) atoms. The number of benzene rings is 2. The standard InChI is InChI=1S/C28H28ClN7/c1-18-13-34(15-22(18)14-33(2)3)23-8-9-25-21(10-23)16-35-26(28-32-31-17-36(25)28)11-24(27(35)29)20-6-4-19(12-30)5-7-20/h4-11,17-18,22H,13-16H2,1-3H3/t18-,22+/m1/s1. The molecule has 7 nitrogen and oxygen atoms in total. The van der Waals surface area contributed by atoms with Crippen LogP contribution in [0.5, 0.6) is 0 Å². The van der Waals surface area contributed by atoms with Crippen molar-refractivity contribution in [2.45, 2.75) is 13.5 Å². The van der Waals surface area contributed by atoms with Gasteiger partial charge in [0.2, 0.25) is 0 Å². The van der Waals surface area contributed by atoms with Gasteiger partial charge in [0.15, 0.2) is 5.82 Å². The minimum absolute atomic E-state index is 0.626. The molecule has 8 heteroatoms. The smallest absolute Gasteiger partial charge is 0.185 e. The van der Waals surface area contributed by atoms with Crippen LogP contribution in [0.2, 0.25) is 5.15 Å². The molecule has 0 spiro atoms. The van der Waals surface area contributed by atoms with Crippen LogP contribution in [0, 0.1) is 23.2 Å². The van der Waals surface area contributed by atoms with Gasteiger partial charge in [0.1, 0.15) is 11.5 Å². The monoisotopic (exact) mass is 497 g/mol. The zero-order chi connectivity index (χ0) is 25.0. The molecule has 2 aromatic heterocycles. The minimum atomic E-state index is 0.626. The molecule has 4 heterocycles. The third kappa shape index (κ3) is 3.78. The molecule has 0 saturated carbocycles. The Morgan fingerprint density at radius 3 is 2.67 bits per heavy atom. The quantitative estimate of drug-likeness (QED) is 0.352. The van der Waals surface area contributed by atoms with Crippen molar-refractivity contribution in [1.29, 1.82) is 5.26 Å². The molecule has 0 radical (unpaired) electrons. The van der Waals surface area contributed by atoms with E-state index in [1.807, 2.05) is 24.3 Å². The second-order valence-corrected chi connectivity index (χ2v) is 10.6. The van der Waals surface area contributed by atoms with Gasteiger partial charge in [-0.1, -0.05) is 30.7 Å². The van der Waals surface area contributed by atoms with Gasteiger partial charge < -0.3 is 14.4 Å². The number of rotatable bonds is 4. The Bertz CT molecular complexity index is 1470. The number of hydrogen-bond donors (Lipinski definition) is 0. The molecular formula is C28H28ClN7. The van der Waals surface area contributed by atoms with Crippen LogP contribution in [0.1, 0.15) is 18.1 Å². The highest BCUT2D eigenvalue weighted by molar-refractivity contribution is 6.32. The van der Waals surface area contributed by atoms with Gasteiger partial charge in [-0.15, -0.1) is 10.2 Å². The number of halogens is 1. The van der Waals surface area contributed by atoms with E-state index in [9.17, 15) is 0 Å². The van der Waals surface area contributed by atoms with Crippen molar-refractivity contribution in [3.05, 3.63) is 71.1 Å². The summed E-state index contributed by atoms with van der Waals surface area (Å²) in [4.78, 5) is 4.80. The first kappa shape index (κ1) is 22.8. The van der Waals surface area contributed by atoms with Crippen molar-refractivity contribution >= 4 is 17.3 Å². The van der Waals surface area contributed by atoms with Crippen LogP contribution < -0.4 is 4.90 Å². The molecule has 6 rings (SSSR count). The molecule has 0 amide bonds. The highest BCUT2D eigenvalue weighted by atomic mass is 35.5. The summed E-state index contributed by atoms with van der Waals surface area (Å²) in [5.74, 6) is 2.07. The number of anilines is 1. The number of nitriles is 1. The van der Waals surface area contributed by atoms with Crippen molar-refractivity contribution in [3.63, 3.8) is 0 Å². The number of aromatic nitrogens is 4. The molecule has 0 bridgehead atoms. The fourth-order valence-corrected chi connectivity index (χ4v) is 5.94. The van der Waals surface area contributed by atoms with Gasteiger partial charge in [-0.05, 0) is 73.5 Å². The van der Waals surface area contributed by atoms with E-state index in [0.717, 1.165) is 48.0 Å². The Hall–Kier alpha value is -3.60. The molecule has 2 aromatic carbocycles. The van der Waals surface area contributed by atoms with Crippen LogP contribution in [0.15, 0.2) is 54.9 Å². The summed E-state index contributed by atoms with van der Waals surface area (Å²) in [5.41, 5.74) is 6.95. The van der Waals surface area contributed by atoms with Crippen molar-refractivity contribution in [2.24, 2.45) is 11.8 Å². The Labute approximate surface area is 216 Å². The molecular weight excluding hydrogens is 470 g/mol. The summed E-state index contributed by atoms with van der Waals surface area (Å²) < 4.78 is 4.17. The molecule has 2 aliphatic heterocycles. The SMILES string of the molecule is C[C@@H]1CN(c2ccc3c(c2)Cn2c(cc(-c4ccc(C#N)cc4)c2Cl)-c2nncn2-3)C[C@@H]1CN(C)C. The zero-order valence-corrected chi connectivity index (χ0v) is 21.4. The maximum absolute atomic E-state index is 9.16. The van der Waals surface area contributed by atoms with E-state index in [4.69, 9.17) is 16.9 Å². The highest BCUT2D eigenvalue weighted by Crippen LogP contribution is 2.40. The second kappa shape index (κ2) is 8.81. The second-order valence-electron chi connectivity index (χ2n) is 10.3. The average Bonchev–Trinajstić information content (AvgIpc) is 3.55. The van der Waals surface area contributed by atoms with E-state index in [2.05, 4.69) is 80.5 Å². The third-order valence-corrected chi connectivity index (χ3v) is 7.92. The summed E-state index contributed by atoms with van der Waals surface area (Å²) in [7, 11) is 4.30. The van der Waals surface area contributed by atoms with E-state index in [-0.39, 0.29) is 0 Å². The molecule has 0 N–H and O–H groups in total. The summed E-state index contributed by atoms with van der Waals surface area (Å²) >= 11 is 7.00. The van der Waals surface area contributed by atoms with Crippen molar-refractivity contribution in [1.82, 2.24) is 24.2 Å². The lowest BCUT2D eigenvalue weighted by Gasteiger charge is -2.22. The Morgan fingerprint density at radius 1 is 1.11 bits per heavy atom. The first-order valence-electron chi connectivity index (χ1n) is 12.3. The van der Waals surface area contributed by atoms with Crippen LogP contribution >= 0.6 is 11.6 Å². The van der Waals surface area contributed by atoms with Crippen molar-refractivity contribution < 1.29 is 0 Å². The van der Waals surface area contributed by atoms with Gasteiger partial charge in [-0.3, -0.25) is 4.57 Å². The molecule has 4 aromatic rings. The lowest BCUT2D eigenvalue weighted by Crippen LogP contribution is -2.27. The van der Waals surface area contributed by atoms with Crippen LogP contribution in [-0.4, -0.2) is 58.0 Å². The first-order chi connectivity index (χ1) is 17.4. The van der Waals surface area contributed by atoms with E-state index >= 15 is 0 Å². The largest absolute Gasteiger partial charge is 0.371 e. The van der Waals surface area contributed by atoms with Crippen molar-refractivity contribution in [3.8, 4) is 34.4 Å². The van der Waals surface area contributed by atoms with Gasteiger partial charge in [0.05, 0.1) is 29.6 Å². The lowest BCUT2D eigenvalue weighted by molar-refractivity contribution is 0.301.